The monoisotopic (exact) mass is 198 g/mol. The van der Waals surface area contributed by atoms with Crippen molar-refractivity contribution < 1.29 is 44.8 Å². The Morgan fingerprint density at radius 2 is 1.40 bits per heavy atom. The van der Waals surface area contributed by atoms with Crippen molar-refractivity contribution in [1.29, 1.82) is 0 Å². The maximum absolute atomic E-state index is 9.61. The molecule has 0 aromatic carbocycles. The number of hydrogen-bond acceptors (Lipinski definition) is 4. The molecule has 0 aliphatic rings. The Labute approximate surface area is 70.1 Å². The van der Waals surface area contributed by atoms with Crippen LogP contribution in [0.1, 0.15) is 6.92 Å². The Kier molecular flexibility index (Phi) is 10.8. The van der Waals surface area contributed by atoms with E-state index in [0.717, 1.165) is 6.92 Å². The van der Waals surface area contributed by atoms with Crippen LogP contribution in [-0.4, -0.2) is 17.4 Å². The Bertz CT molecular complexity index is 109. The molecule has 0 unspecified atom stereocenters. The predicted molar refractivity (Wildman–Crippen MR) is 22.8 cm³/mol. The van der Waals surface area contributed by atoms with Crippen molar-refractivity contribution in [2.75, 3.05) is 0 Å². The molecule has 0 heterocycles. The molecule has 5 nitrogen and oxygen atoms in total. The van der Waals surface area contributed by atoms with Crippen molar-refractivity contribution in [1.82, 2.24) is 0 Å². The topological polar surface area (TPSA) is 112 Å². The molecule has 0 fully saturated rings. The first kappa shape index (κ1) is 16.3. The average molecular weight is 199 g/mol. The number of hydrogen-bond donors (Lipinski definition) is 0. The molecule has 0 radical (unpaired) electrons. The van der Waals surface area contributed by atoms with Gasteiger partial charge in [0.2, 0.25) is 0 Å². The van der Waals surface area contributed by atoms with E-state index in [1.165, 1.54) is 0 Å². The minimum absolute atomic E-state index is 0. The summed E-state index contributed by atoms with van der Waals surface area (Å²) in [5, 5.41) is 19.2. The van der Waals surface area contributed by atoms with E-state index >= 15 is 0 Å². The molecule has 10 heavy (non-hydrogen) atoms. The molecule has 0 aliphatic heterocycles. The standard InChI is InChI=1S/C4H6O4.H2O.Zn/c1-2(3(5)6)4(7)8;;/h2H,1H3,(H,5,6)(H,7,8);1H2;/q;;+2/p-2. The van der Waals surface area contributed by atoms with E-state index in [2.05, 4.69) is 0 Å². The molecule has 0 atom stereocenters. The van der Waals surface area contributed by atoms with Crippen molar-refractivity contribution in [2.24, 2.45) is 5.92 Å². The van der Waals surface area contributed by atoms with Gasteiger partial charge in [-0.3, -0.25) is 0 Å². The van der Waals surface area contributed by atoms with Gasteiger partial charge in [0, 0.05) is 17.9 Å². The van der Waals surface area contributed by atoms with Crippen LogP contribution in [0.3, 0.4) is 0 Å². The fourth-order valence-electron chi connectivity index (χ4n) is 0.0962. The Hall–Kier alpha value is -0.477. The van der Waals surface area contributed by atoms with Gasteiger partial charge in [0.1, 0.15) is 0 Å². The summed E-state index contributed by atoms with van der Waals surface area (Å²) in [6.07, 6.45) is 0. The molecule has 0 saturated carbocycles. The zero-order valence-corrected chi connectivity index (χ0v) is 8.38. The summed E-state index contributed by atoms with van der Waals surface area (Å²) in [6.45, 7) is 0.991. The molecule has 6 heteroatoms. The second-order valence-electron chi connectivity index (χ2n) is 1.36. The summed E-state index contributed by atoms with van der Waals surface area (Å²) in [5.41, 5.74) is 0. The number of rotatable bonds is 2. The first-order valence-electron chi connectivity index (χ1n) is 1.97. The third-order valence-corrected chi connectivity index (χ3v) is 0.707. The fourth-order valence-corrected chi connectivity index (χ4v) is 0.0962. The quantitative estimate of drug-likeness (QED) is 0.336. The summed E-state index contributed by atoms with van der Waals surface area (Å²) in [5.74, 6) is -4.76. The van der Waals surface area contributed by atoms with Gasteiger partial charge in [-0.1, -0.05) is 6.92 Å². The SMILES string of the molecule is CC(C(=O)[O-])C(=O)[O-].O.[Zn+2]. The van der Waals surface area contributed by atoms with Gasteiger partial charge >= 0.3 is 19.5 Å². The van der Waals surface area contributed by atoms with Crippen LogP contribution in [0.2, 0.25) is 0 Å². The first-order chi connectivity index (χ1) is 3.55. The zero-order valence-electron chi connectivity index (χ0n) is 5.42. The molecule has 0 aromatic heterocycles. The molecular formula is C4H6O5Zn. The second kappa shape index (κ2) is 6.64. The number of carboxylic acids is 2. The van der Waals surface area contributed by atoms with Crippen LogP contribution in [0.4, 0.5) is 0 Å². The minimum Gasteiger partial charge on any atom is -0.549 e. The van der Waals surface area contributed by atoms with Gasteiger partial charge in [0.25, 0.3) is 0 Å². The number of carbonyl (C=O) groups excluding carboxylic acids is 2. The molecular weight excluding hydrogens is 193 g/mol. The van der Waals surface area contributed by atoms with E-state index in [4.69, 9.17) is 0 Å². The number of carboxylic acid groups (broad SMARTS) is 2. The molecule has 54 valence electrons. The van der Waals surface area contributed by atoms with Crippen LogP contribution >= 0.6 is 0 Å². The van der Waals surface area contributed by atoms with Crippen molar-refractivity contribution in [3.63, 3.8) is 0 Å². The Morgan fingerprint density at radius 1 is 1.20 bits per heavy atom. The molecule has 0 rings (SSSR count). The molecule has 0 amide bonds. The van der Waals surface area contributed by atoms with Gasteiger partial charge in [-0.2, -0.15) is 0 Å². The van der Waals surface area contributed by atoms with Crippen LogP contribution in [0, 0.1) is 5.92 Å². The maximum Gasteiger partial charge on any atom is 2.00 e. The smallest absolute Gasteiger partial charge is 0.549 e. The van der Waals surface area contributed by atoms with E-state index in [1.807, 2.05) is 0 Å². The molecule has 0 bridgehead atoms. The number of carbonyl (C=O) groups is 2. The minimum atomic E-state index is -1.62. The number of aliphatic carboxylic acids is 2. The first-order valence-corrected chi connectivity index (χ1v) is 1.97. The van der Waals surface area contributed by atoms with Gasteiger partial charge in [0.15, 0.2) is 0 Å². The van der Waals surface area contributed by atoms with E-state index in [1.54, 1.807) is 0 Å². The normalized spacial score (nSPS) is 7.40. The van der Waals surface area contributed by atoms with E-state index in [-0.39, 0.29) is 25.0 Å². The Morgan fingerprint density at radius 3 is 1.40 bits per heavy atom. The molecule has 0 aromatic rings. The maximum atomic E-state index is 9.61. The fraction of sp³-hybridized carbons (Fsp3) is 0.500. The van der Waals surface area contributed by atoms with Gasteiger partial charge < -0.3 is 25.3 Å². The summed E-state index contributed by atoms with van der Waals surface area (Å²) in [4.78, 5) is 19.2. The van der Waals surface area contributed by atoms with Gasteiger partial charge in [-0.05, 0) is 0 Å². The molecule has 0 spiro atoms. The Balaban J connectivity index is -0.000000245. The van der Waals surface area contributed by atoms with Crippen LogP contribution < -0.4 is 10.2 Å². The summed E-state index contributed by atoms with van der Waals surface area (Å²) in [6, 6.07) is 0. The van der Waals surface area contributed by atoms with Crippen molar-refractivity contribution in [2.45, 2.75) is 6.92 Å². The molecule has 0 aliphatic carbocycles. The van der Waals surface area contributed by atoms with Crippen molar-refractivity contribution in [3.8, 4) is 0 Å². The second-order valence-corrected chi connectivity index (χ2v) is 1.36. The average Bonchev–Trinajstić information content (AvgIpc) is 1.64. The van der Waals surface area contributed by atoms with Gasteiger partial charge in [-0.25, -0.2) is 0 Å². The van der Waals surface area contributed by atoms with Crippen molar-refractivity contribution >= 4 is 11.9 Å². The summed E-state index contributed by atoms with van der Waals surface area (Å²) >= 11 is 0. The van der Waals surface area contributed by atoms with E-state index < -0.39 is 17.9 Å². The van der Waals surface area contributed by atoms with Crippen LogP contribution in [-0.2, 0) is 29.1 Å². The largest absolute Gasteiger partial charge is 2.00 e. The van der Waals surface area contributed by atoms with E-state index in [0.29, 0.717) is 0 Å². The van der Waals surface area contributed by atoms with Gasteiger partial charge in [-0.15, -0.1) is 0 Å². The van der Waals surface area contributed by atoms with Crippen LogP contribution in [0.25, 0.3) is 0 Å². The molecule has 2 N–H and O–H groups in total. The summed E-state index contributed by atoms with van der Waals surface area (Å²) < 4.78 is 0. The predicted octanol–water partition coefficient (Wildman–Crippen LogP) is -3.70. The zero-order chi connectivity index (χ0) is 6.73. The van der Waals surface area contributed by atoms with Crippen molar-refractivity contribution in [3.05, 3.63) is 0 Å². The summed E-state index contributed by atoms with van der Waals surface area (Å²) in [7, 11) is 0. The third-order valence-electron chi connectivity index (χ3n) is 0.707. The van der Waals surface area contributed by atoms with E-state index in [9.17, 15) is 19.8 Å². The van der Waals surface area contributed by atoms with Gasteiger partial charge in [0.05, 0.1) is 0 Å². The molecule has 0 saturated heterocycles. The third kappa shape index (κ3) is 5.66. The van der Waals surface area contributed by atoms with Crippen LogP contribution in [0.15, 0.2) is 0 Å². The van der Waals surface area contributed by atoms with Crippen LogP contribution in [0.5, 0.6) is 0 Å².